The van der Waals surface area contributed by atoms with E-state index in [0.29, 0.717) is 6.42 Å². The molecule has 2 aromatic carbocycles. The lowest BCUT2D eigenvalue weighted by Crippen LogP contribution is -2.25. The lowest BCUT2D eigenvalue weighted by molar-refractivity contribution is -0.127. The van der Waals surface area contributed by atoms with Crippen LogP contribution in [-0.2, 0) is 9.59 Å². The molecule has 0 saturated heterocycles. The number of carbonyl (C=O) groups is 2. The normalized spacial score (nSPS) is 18.2. The second-order valence-electron chi connectivity index (χ2n) is 7.50. The number of aromatic nitrogens is 2. The van der Waals surface area contributed by atoms with Crippen molar-refractivity contribution in [2.45, 2.75) is 6.42 Å². The van der Waals surface area contributed by atoms with Crippen molar-refractivity contribution >= 4 is 46.0 Å². The van der Waals surface area contributed by atoms with Crippen LogP contribution in [0.25, 0.3) is 21.8 Å². The number of amides is 2. The SMILES string of the molecule is O=C(N/N=C\c1c[nH]c2ccccc12)[C@H]1C[C@@H]1C(=O)N/N=C\c1c[nH]c2ccccc12. The predicted octanol–water partition coefficient (Wildman–Crippen LogP) is 2.89. The first-order valence-electron chi connectivity index (χ1n) is 9.99. The summed E-state index contributed by atoms with van der Waals surface area (Å²) in [6, 6.07) is 15.7. The van der Waals surface area contributed by atoms with Gasteiger partial charge in [0.15, 0.2) is 0 Å². The number of nitrogens with zero attached hydrogens (tertiary/aromatic N) is 2. The number of fused-ring (bicyclic) bond motifs is 2. The molecular formula is C23H20N6O2. The fraction of sp³-hybridized carbons (Fsp3) is 0.130. The van der Waals surface area contributed by atoms with Gasteiger partial charge in [0.05, 0.1) is 24.3 Å². The van der Waals surface area contributed by atoms with Crippen molar-refractivity contribution < 1.29 is 9.59 Å². The molecule has 0 spiro atoms. The quantitative estimate of drug-likeness (QED) is 0.288. The summed E-state index contributed by atoms with van der Waals surface area (Å²) in [7, 11) is 0. The van der Waals surface area contributed by atoms with Crippen molar-refractivity contribution in [2.75, 3.05) is 0 Å². The Morgan fingerprint density at radius 2 is 1.23 bits per heavy atom. The van der Waals surface area contributed by atoms with E-state index >= 15 is 0 Å². The van der Waals surface area contributed by atoms with Gasteiger partial charge >= 0.3 is 0 Å². The number of hydrogen-bond acceptors (Lipinski definition) is 4. The van der Waals surface area contributed by atoms with Crippen LogP contribution in [0.3, 0.4) is 0 Å². The third-order valence-electron chi connectivity index (χ3n) is 5.46. The lowest BCUT2D eigenvalue weighted by atomic mass is 10.2. The van der Waals surface area contributed by atoms with Gasteiger partial charge in [-0.05, 0) is 18.6 Å². The van der Waals surface area contributed by atoms with Gasteiger partial charge in [-0.1, -0.05) is 36.4 Å². The van der Waals surface area contributed by atoms with E-state index in [4.69, 9.17) is 0 Å². The van der Waals surface area contributed by atoms with Crippen LogP contribution < -0.4 is 10.9 Å². The molecule has 0 unspecified atom stereocenters. The molecule has 4 aromatic rings. The molecule has 8 heteroatoms. The summed E-state index contributed by atoms with van der Waals surface area (Å²) >= 11 is 0. The molecule has 2 amide bonds. The molecule has 1 saturated carbocycles. The Labute approximate surface area is 177 Å². The van der Waals surface area contributed by atoms with Gasteiger partial charge in [0.25, 0.3) is 0 Å². The summed E-state index contributed by atoms with van der Waals surface area (Å²) in [6.45, 7) is 0. The molecule has 2 atom stereocenters. The number of hydrogen-bond donors (Lipinski definition) is 4. The largest absolute Gasteiger partial charge is 0.361 e. The van der Waals surface area contributed by atoms with Crippen LogP contribution >= 0.6 is 0 Å². The summed E-state index contributed by atoms with van der Waals surface area (Å²) < 4.78 is 0. The standard InChI is InChI=1S/C23H20N6O2/c30-22(28-26-12-14-10-24-20-7-3-1-5-16(14)20)18-9-19(18)23(31)29-27-13-15-11-25-21-8-4-2-6-17(15)21/h1-8,10-13,18-19,24-25H,9H2,(H,28,30)(H,29,31)/b26-12-,27-13-/t18-,19-/m0/s1. The number of carbonyl (C=O) groups excluding carboxylic acids is 2. The van der Waals surface area contributed by atoms with Crippen LogP contribution in [0.1, 0.15) is 17.5 Å². The third kappa shape index (κ3) is 3.83. The summed E-state index contributed by atoms with van der Waals surface area (Å²) in [5.41, 5.74) is 8.82. The van der Waals surface area contributed by atoms with Crippen LogP contribution in [0, 0.1) is 11.8 Å². The smallest absolute Gasteiger partial charge is 0.244 e. The van der Waals surface area contributed by atoms with Crippen molar-refractivity contribution in [3.05, 3.63) is 72.1 Å². The van der Waals surface area contributed by atoms with Gasteiger partial charge in [-0.15, -0.1) is 0 Å². The molecule has 31 heavy (non-hydrogen) atoms. The number of H-pyrrole nitrogens is 2. The van der Waals surface area contributed by atoms with Gasteiger partial charge in [0, 0.05) is 45.3 Å². The molecule has 0 aliphatic heterocycles. The third-order valence-corrected chi connectivity index (χ3v) is 5.46. The Kier molecular flexibility index (Phi) is 4.80. The summed E-state index contributed by atoms with van der Waals surface area (Å²) in [5.74, 6) is -1.31. The minimum absolute atomic E-state index is 0.267. The molecule has 4 N–H and O–H groups in total. The molecule has 2 aromatic heterocycles. The lowest BCUT2D eigenvalue weighted by Gasteiger charge is -1.99. The molecule has 1 fully saturated rings. The molecule has 8 nitrogen and oxygen atoms in total. The number of nitrogens with one attached hydrogen (secondary N) is 4. The van der Waals surface area contributed by atoms with Crippen molar-refractivity contribution in [1.82, 2.24) is 20.8 Å². The molecule has 0 radical (unpaired) electrons. The topological polar surface area (TPSA) is 114 Å². The first-order valence-corrected chi connectivity index (χ1v) is 9.99. The average Bonchev–Trinajstić information content (AvgIpc) is 3.35. The van der Waals surface area contributed by atoms with E-state index in [-0.39, 0.29) is 23.7 Å². The maximum absolute atomic E-state index is 12.3. The number of benzene rings is 2. The van der Waals surface area contributed by atoms with E-state index in [1.807, 2.05) is 60.9 Å². The maximum Gasteiger partial charge on any atom is 0.244 e. The Morgan fingerprint density at radius 1 is 0.774 bits per heavy atom. The highest BCUT2D eigenvalue weighted by atomic mass is 16.2. The van der Waals surface area contributed by atoms with Crippen molar-refractivity contribution in [3.63, 3.8) is 0 Å². The number of rotatable bonds is 6. The molecule has 1 aliphatic rings. The molecule has 0 bridgehead atoms. The zero-order valence-corrected chi connectivity index (χ0v) is 16.5. The number of aromatic amines is 2. The molecule has 5 rings (SSSR count). The second-order valence-corrected chi connectivity index (χ2v) is 7.50. The minimum Gasteiger partial charge on any atom is -0.361 e. The van der Waals surface area contributed by atoms with Crippen LogP contribution in [-0.4, -0.2) is 34.2 Å². The minimum atomic E-state index is -0.386. The highest BCUT2D eigenvalue weighted by Gasteiger charge is 2.48. The van der Waals surface area contributed by atoms with Gasteiger partial charge in [-0.3, -0.25) is 9.59 Å². The van der Waals surface area contributed by atoms with Crippen molar-refractivity contribution in [3.8, 4) is 0 Å². The highest BCUT2D eigenvalue weighted by molar-refractivity contribution is 6.00. The first kappa shape index (κ1) is 18.8. The van der Waals surface area contributed by atoms with Gasteiger partial charge in [0.1, 0.15) is 0 Å². The van der Waals surface area contributed by atoms with Crippen LogP contribution in [0.2, 0.25) is 0 Å². The van der Waals surface area contributed by atoms with E-state index in [9.17, 15) is 9.59 Å². The van der Waals surface area contributed by atoms with Gasteiger partial charge in [-0.25, -0.2) is 10.9 Å². The van der Waals surface area contributed by atoms with Gasteiger partial charge in [-0.2, -0.15) is 10.2 Å². The van der Waals surface area contributed by atoms with E-state index < -0.39 is 0 Å². The molecule has 1 aliphatic carbocycles. The fourth-order valence-corrected chi connectivity index (χ4v) is 3.67. The monoisotopic (exact) mass is 412 g/mol. The summed E-state index contributed by atoms with van der Waals surface area (Å²) in [4.78, 5) is 30.8. The van der Waals surface area contributed by atoms with Crippen LogP contribution in [0.4, 0.5) is 0 Å². The highest BCUT2D eigenvalue weighted by Crippen LogP contribution is 2.38. The molecular weight excluding hydrogens is 392 g/mol. The maximum atomic E-state index is 12.3. The zero-order chi connectivity index (χ0) is 21.2. The summed E-state index contributed by atoms with van der Waals surface area (Å²) in [6.07, 6.45) is 7.35. The van der Waals surface area contributed by atoms with Gasteiger partial charge in [0.2, 0.25) is 11.8 Å². The summed E-state index contributed by atoms with van der Waals surface area (Å²) in [5, 5.41) is 10.1. The average molecular weight is 412 g/mol. The Bertz CT molecular complexity index is 1230. The van der Waals surface area contributed by atoms with Crippen molar-refractivity contribution in [1.29, 1.82) is 0 Å². The predicted molar refractivity (Wildman–Crippen MR) is 120 cm³/mol. The second kappa shape index (κ2) is 7.91. The number of hydrazone groups is 2. The Hall–Kier alpha value is -4.20. The van der Waals surface area contributed by atoms with E-state index in [1.165, 1.54) is 0 Å². The van der Waals surface area contributed by atoms with E-state index in [0.717, 1.165) is 32.9 Å². The van der Waals surface area contributed by atoms with E-state index in [2.05, 4.69) is 31.0 Å². The zero-order valence-electron chi connectivity index (χ0n) is 16.5. The van der Waals surface area contributed by atoms with Crippen molar-refractivity contribution in [2.24, 2.45) is 22.0 Å². The van der Waals surface area contributed by atoms with Gasteiger partial charge < -0.3 is 9.97 Å². The fourth-order valence-electron chi connectivity index (χ4n) is 3.67. The first-order chi connectivity index (χ1) is 15.2. The van der Waals surface area contributed by atoms with Crippen LogP contribution in [0.5, 0.6) is 0 Å². The Morgan fingerprint density at radius 3 is 1.71 bits per heavy atom. The van der Waals surface area contributed by atoms with Crippen LogP contribution in [0.15, 0.2) is 71.1 Å². The Balaban J connectivity index is 1.13. The van der Waals surface area contributed by atoms with E-state index in [1.54, 1.807) is 12.4 Å². The number of para-hydroxylation sites is 2. The molecule has 154 valence electrons. The molecule has 2 heterocycles.